The van der Waals surface area contributed by atoms with Crippen LogP contribution in [0.2, 0.25) is 0 Å². The zero-order valence-corrected chi connectivity index (χ0v) is 17.9. The SMILES string of the molecule is CCOC(=O)C(C)Oc1ccc2c(=O)c(Oc3ccccc3Br)c(C(F)(F)F)oc2c1. The molecule has 0 spiro atoms. The van der Waals surface area contributed by atoms with Crippen LogP contribution in [0, 0.1) is 0 Å². The lowest BCUT2D eigenvalue weighted by Crippen LogP contribution is -2.26. The molecule has 0 amide bonds. The van der Waals surface area contributed by atoms with Crippen molar-refractivity contribution in [1.82, 2.24) is 0 Å². The van der Waals surface area contributed by atoms with Gasteiger partial charge in [0.05, 0.1) is 16.5 Å². The number of alkyl halides is 3. The largest absolute Gasteiger partial charge is 0.479 e. The number of carbonyl (C=O) groups is 1. The predicted molar refractivity (Wildman–Crippen MR) is 108 cm³/mol. The molecule has 1 unspecified atom stereocenters. The van der Waals surface area contributed by atoms with Gasteiger partial charge in [-0.1, -0.05) is 12.1 Å². The predicted octanol–water partition coefficient (Wildman–Crippen LogP) is 5.70. The van der Waals surface area contributed by atoms with Gasteiger partial charge in [-0.15, -0.1) is 0 Å². The topological polar surface area (TPSA) is 75.0 Å². The zero-order chi connectivity index (χ0) is 22.8. The average molecular weight is 501 g/mol. The van der Waals surface area contributed by atoms with E-state index >= 15 is 0 Å². The normalized spacial score (nSPS) is 12.5. The van der Waals surface area contributed by atoms with Gasteiger partial charge in [-0.2, -0.15) is 13.2 Å². The average Bonchev–Trinajstić information content (AvgIpc) is 2.70. The first-order valence-corrected chi connectivity index (χ1v) is 9.84. The molecule has 164 valence electrons. The van der Waals surface area contributed by atoms with Crippen molar-refractivity contribution in [3.63, 3.8) is 0 Å². The van der Waals surface area contributed by atoms with E-state index in [-0.39, 0.29) is 29.1 Å². The van der Waals surface area contributed by atoms with E-state index in [2.05, 4.69) is 15.9 Å². The second-order valence-corrected chi connectivity index (χ2v) is 7.14. The number of benzene rings is 2. The molecule has 0 saturated heterocycles. The third kappa shape index (κ3) is 5.01. The van der Waals surface area contributed by atoms with E-state index in [9.17, 15) is 22.8 Å². The van der Waals surface area contributed by atoms with Crippen molar-refractivity contribution >= 4 is 32.9 Å². The van der Waals surface area contributed by atoms with E-state index in [4.69, 9.17) is 18.6 Å². The van der Waals surface area contributed by atoms with E-state index in [0.29, 0.717) is 4.47 Å². The Morgan fingerprint density at radius 1 is 1.19 bits per heavy atom. The molecular weight excluding hydrogens is 485 g/mol. The first-order valence-electron chi connectivity index (χ1n) is 9.05. The van der Waals surface area contributed by atoms with Crippen molar-refractivity contribution in [2.45, 2.75) is 26.1 Å². The molecule has 3 aromatic rings. The highest BCUT2D eigenvalue weighted by molar-refractivity contribution is 9.10. The van der Waals surface area contributed by atoms with Crippen LogP contribution in [0.3, 0.4) is 0 Å². The van der Waals surface area contributed by atoms with Gasteiger partial charge in [0.1, 0.15) is 17.1 Å². The summed E-state index contributed by atoms with van der Waals surface area (Å²) in [5.41, 5.74) is -1.38. The molecule has 0 bridgehead atoms. The summed E-state index contributed by atoms with van der Waals surface area (Å²) >= 11 is 3.16. The van der Waals surface area contributed by atoms with Crippen LogP contribution in [0.1, 0.15) is 19.6 Å². The molecule has 1 atom stereocenters. The van der Waals surface area contributed by atoms with Gasteiger partial charge in [0.2, 0.25) is 11.2 Å². The summed E-state index contributed by atoms with van der Waals surface area (Å²) in [6, 6.07) is 9.82. The number of hydrogen-bond donors (Lipinski definition) is 0. The maximum Gasteiger partial charge on any atom is 0.453 e. The van der Waals surface area contributed by atoms with Crippen LogP contribution in [0.4, 0.5) is 13.2 Å². The van der Waals surface area contributed by atoms with Gasteiger partial charge in [0.25, 0.3) is 5.76 Å². The number of fused-ring (bicyclic) bond motifs is 1. The van der Waals surface area contributed by atoms with E-state index in [1.807, 2.05) is 0 Å². The molecule has 0 aliphatic rings. The number of para-hydroxylation sites is 1. The minimum absolute atomic E-state index is 0.0165. The van der Waals surface area contributed by atoms with Crippen LogP contribution in [-0.2, 0) is 15.7 Å². The van der Waals surface area contributed by atoms with Crippen molar-refractivity contribution in [3.8, 4) is 17.2 Å². The summed E-state index contributed by atoms with van der Waals surface area (Å²) in [6.45, 7) is 3.20. The molecule has 1 heterocycles. The Morgan fingerprint density at radius 2 is 1.90 bits per heavy atom. The number of ether oxygens (including phenoxy) is 3. The fraction of sp³-hybridized carbons (Fsp3) is 0.238. The van der Waals surface area contributed by atoms with Crippen molar-refractivity contribution in [2.75, 3.05) is 6.61 Å². The molecule has 6 nitrogen and oxygen atoms in total. The fourth-order valence-electron chi connectivity index (χ4n) is 2.66. The number of carbonyl (C=O) groups excluding carboxylic acids is 1. The molecule has 1 aromatic heterocycles. The van der Waals surface area contributed by atoms with Crippen molar-refractivity contribution in [3.05, 3.63) is 62.9 Å². The lowest BCUT2D eigenvalue weighted by molar-refractivity contribution is -0.154. The molecule has 31 heavy (non-hydrogen) atoms. The minimum Gasteiger partial charge on any atom is -0.479 e. The van der Waals surface area contributed by atoms with Crippen LogP contribution in [0.15, 0.2) is 56.1 Å². The highest BCUT2D eigenvalue weighted by Crippen LogP contribution is 2.39. The molecule has 0 fully saturated rings. The van der Waals surface area contributed by atoms with Gasteiger partial charge in [-0.3, -0.25) is 4.79 Å². The van der Waals surface area contributed by atoms with Crippen LogP contribution >= 0.6 is 15.9 Å². The number of hydrogen-bond acceptors (Lipinski definition) is 6. The Bertz CT molecular complexity index is 1170. The second kappa shape index (κ2) is 9.01. The van der Waals surface area contributed by atoms with Crippen LogP contribution in [-0.4, -0.2) is 18.7 Å². The maximum absolute atomic E-state index is 13.6. The first-order chi connectivity index (χ1) is 14.6. The quantitative estimate of drug-likeness (QED) is 0.404. The van der Waals surface area contributed by atoms with E-state index in [1.54, 1.807) is 25.1 Å². The van der Waals surface area contributed by atoms with Crippen molar-refractivity contribution in [2.24, 2.45) is 0 Å². The molecule has 3 rings (SSSR count). The zero-order valence-electron chi connectivity index (χ0n) is 16.3. The summed E-state index contributed by atoms with van der Waals surface area (Å²) in [5, 5.41) is -0.147. The highest BCUT2D eigenvalue weighted by atomic mass is 79.9. The fourth-order valence-corrected chi connectivity index (χ4v) is 3.02. The smallest absolute Gasteiger partial charge is 0.453 e. The number of esters is 1. The Morgan fingerprint density at radius 3 is 2.55 bits per heavy atom. The Balaban J connectivity index is 2.08. The van der Waals surface area contributed by atoms with Crippen LogP contribution in [0.5, 0.6) is 17.2 Å². The van der Waals surface area contributed by atoms with Crippen molar-refractivity contribution < 1.29 is 36.6 Å². The summed E-state index contributed by atoms with van der Waals surface area (Å²) in [4.78, 5) is 24.5. The van der Waals surface area contributed by atoms with Crippen LogP contribution in [0.25, 0.3) is 11.0 Å². The number of halogens is 4. The molecule has 0 saturated carbocycles. The second-order valence-electron chi connectivity index (χ2n) is 6.29. The van der Waals surface area contributed by atoms with Gasteiger partial charge >= 0.3 is 12.1 Å². The monoisotopic (exact) mass is 500 g/mol. The molecular formula is C21H16BrF3O6. The highest BCUT2D eigenvalue weighted by Gasteiger charge is 2.40. The molecule has 0 aliphatic heterocycles. The third-order valence-corrected chi connectivity index (χ3v) is 4.71. The summed E-state index contributed by atoms with van der Waals surface area (Å²) in [6.07, 6.45) is -6.01. The molecule has 0 N–H and O–H groups in total. The van der Waals surface area contributed by atoms with E-state index in [1.165, 1.54) is 25.1 Å². The van der Waals surface area contributed by atoms with E-state index < -0.39 is 35.2 Å². The van der Waals surface area contributed by atoms with E-state index in [0.717, 1.165) is 6.07 Å². The van der Waals surface area contributed by atoms with Gasteiger partial charge in [-0.25, -0.2) is 4.79 Å². The number of rotatable bonds is 6. The lowest BCUT2D eigenvalue weighted by Gasteiger charge is -2.15. The van der Waals surface area contributed by atoms with Crippen LogP contribution < -0.4 is 14.9 Å². The Labute approximate surface area is 182 Å². The summed E-state index contributed by atoms with van der Waals surface area (Å²) in [7, 11) is 0. The standard InChI is InChI=1S/C21H16BrF3O6/c1-3-28-20(27)11(2)29-12-8-9-13-16(10-12)31-19(21(23,24)25)18(17(13)26)30-15-7-5-4-6-14(15)22/h4-11H,3H2,1-2H3. The molecule has 10 heteroatoms. The van der Waals surface area contributed by atoms with Gasteiger partial charge in [-0.05, 0) is 54.0 Å². The maximum atomic E-state index is 13.6. The van der Waals surface area contributed by atoms with Gasteiger partial charge < -0.3 is 18.6 Å². The Kier molecular flexibility index (Phi) is 6.59. The summed E-state index contributed by atoms with van der Waals surface area (Å²) < 4.78 is 61.8. The molecule has 0 radical (unpaired) electrons. The lowest BCUT2D eigenvalue weighted by atomic mass is 10.2. The summed E-state index contributed by atoms with van der Waals surface area (Å²) in [5.74, 6) is -3.17. The molecule has 0 aliphatic carbocycles. The Hall–Kier alpha value is -3.01. The van der Waals surface area contributed by atoms with Gasteiger partial charge in [0.15, 0.2) is 6.10 Å². The third-order valence-electron chi connectivity index (χ3n) is 4.06. The van der Waals surface area contributed by atoms with Crippen molar-refractivity contribution in [1.29, 1.82) is 0 Å². The molecule has 2 aromatic carbocycles. The minimum atomic E-state index is -5.00. The van der Waals surface area contributed by atoms with Gasteiger partial charge in [0, 0.05) is 6.07 Å². The first kappa shape index (κ1) is 22.7.